The summed E-state index contributed by atoms with van der Waals surface area (Å²) in [6.07, 6.45) is -2.77. The molecule has 0 unspecified atom stereocenters. The molecule has 0 bridgehead atoms. The maximum absolute atomic E-state index is 12.8. The quantitative estimate of drug-likeness (QED) is 0.860. The Kier molecular flexibility index (Phi) is 3.73. The molecule has 1 aliphatic heterocycles. The molecule has 1 aromatic carbocycles. The minimum Gasteiger partial charge on any atom is -0.395 e. The Morgan fingerprint density at radius 2 is 2.05 bits per heavy atom. The monoisotopic (exact) mass is 272 g/mol. The summed E-state index contributed by atoms with van der Waals surface area (Å²) in [5.74, 6) is -0.236. The van der Waals surface area contributed by atoms with Crippen LogP contribution in [-0.2, 0) is 4.79 Å². The number of carbonyl (C=O) groups excluding carboxylic acids is 1. The molecule has 1 amide bonds. The first-order valence-electron chi connectivity index (χ1n) is 5.90. The standard InChI is InChI=1S/C12H14F2N2O3/c1-2-5-15-11(17)7-16-8-3-4-9-10(6-8)19-12(13,14)18-9/h3-4,6,16H,2,5,7H2,1H3,(H,15,17). The lowest BCUT2D eigenvalue weighted by atomic mass is 10.3. The lowest BCUT2D eigenvalue weighted by molar-refractivity contribution is -0.286. The van der Waals surface area contributed by atoms with Crippen molar-refractivity contribution in [3.05, 3.63) is 18.2 Å². The Bertz CT molecular complexity index is 480. The molecule has 0 atom stereocenters. The zero-order valence-electron chi connectivity index (χ0n) is 10.3. The smallest absolute Gasteiger partial charge is 0.395 e. The van der Waals surface area contributed by atoms with E-state index in [0.29, 0.717) is 12.2 Å². The Labute approximate surface area is 108 Å². The van der Waals surface area contributed by atoms with Gasteiger partial charge in [0.2, 0.25) is 5.91 Å². The Balaban J connectivity index is 1.92. The first-order chi connectivity index (χ1) is 9.00. The van der Waals surface area contributed by atoms with E-state index in [2.05, 4.69) is 20.1 Å². The molecular formula is C12H14F2N2O3. The molecule has 2 N–H and O–H groups in total. The van der Waals surface area contributed by atoms with Crippen molar-refractivity contribution >= 4 is 11.6 Å². The van der Waals surface area contributed by atoms with Gasteiger partial charge in [-0.05, 0) is 18.6 Å². The van der Waals surface area contributed by atoms with Crippen LogP contribution in [0.3, 0.4) is 0 Å². The van der Waals surface area contributed by atoms with Gasteiger partial charge in [0.1, 0.15) is 0 Å². The van der Waals surface area contributed by atoms with Gasteiger partial charge in [-0.15, -0.1) is 8.78 Å². The van der Waals surface area contributed by atoms with E-state index in [1.807, 2.05) is 6.92 Å². The van der Waals surface area contributed by atoms with Gasteiger partial charge < -0.3 is 20.1 Å². The van der Waals surface area contributed by atoms with Crippen molar-refractivity contribution in [2.24, 2.45) is 0 Å². The van der Waals surface area contributed by atoms with Crippen molar-refractivity contribution < 1.29 is 23.0 Å². The SMILES string of the molecule is CCCNC(=O)CNc1ccc2c(c1)OC(F)(F)O2. The van der Waals surface area contributed by atoms with Gasteiger partial charge in [-0.1, -0.05) is 6.92 Å². The zero-order chi connectivity index (χ0) is 13.9. The third-order valence-corrected chi connectivity index (χ3v) is 2.43. The van der Waals surface area contributed by atoms with Crippen LogP contribution < -0.4 is 20.1 Å². The second kappa shape index (κ2) is 5.29. The van der Waals surface area contributed by atoms with Crippen LogP contribution in [0.25, 0.3) is 0 Å². The van der Waals surface area contributed by atoms with Gasteiger partial charge in [-0.2, -0.15) is 0 Å². The topological polar surface area (TPSA) is 59.6 Å². The van der Waals surface area contributed by atoms with Gasteiger partial charge >= 0.3 is 6.29 Å². The highest BCUT2D eigenvalue weighted by atomic mass is 19.3. The summed E-state index contributed by atoms with van der Waals surface area (Å²) in [7, 11) is 0. The fraction of sp³-hybridized carbons (Fsp3) is 0.417. The van der Waals surface area contributed by atoms with Crippen LogP contribution in [0.15, 0.2) is 18.2 Å². The van der Waals surface area contributed by atoms with Crippen LogP contribution in [0.4, 0.5) is 14.5 Å². The fourth-order valence-corrected chi connectivity index (χ4v) is 1.57. The van der Waals surface area contributed by atoms with E-state index in [0.717, 1.165) is 6.42 Å². The van der Waals surface area contributed by atoms with Gasteiger partial charge in [0.25, 0.3) is 0 Å². The summed E-state index contributed by atoms with van der Waals surface area (Å²) in [5.41, 5.74) is 0.506. The molecule has 7 heteroatoms. The van der Waals surface area contributed by atoms with E-state index < -0.39 is 6.29 Å². The number of carbonyl (C=O) groups is 1. The lowest BCUT2D eigenvalue weighted by Crippen LogP contribution is -2.30. The summed E-state index contributed by atoms with van der Waals surface area (Å²) in [6, 6.07) is 4.27. The molecule has 0 spiro atoms. The summed E-state index contributed by atoms with van der Waals surface area (Å²) >= 11 is 0. The van der Waals surface area contributed by atoms with Gasteiger partial charge in [-0.3, -0.25) is 4.79 Å². The average Bonchev–Trinajstić information content (AvgIpc) is 2.66. The molecule has 104 valence electrons. The zero-order valence-corrected chi connectivity index (χ0v) is 10.3. The lowest BCUT2D eigenvalue weighted by Gasteiger charge is -2.07. The van der Waals surface area contributed by atoms with E-state index in [1.54, 1.807) is 0 Å². The van der Waals surface area contributed by atoms with E-state index >= 15 is 0 Å². The predicted octanol–water partition coefficient (Wildman–Crippen LogP) is 1.95. The van der Waals surface area contributed by atoms with Crippen molar-refractivity contribution in [1.29, 1.82) is 0 Å². The number of fused-ring (bicyclic) bond motifs is 1. The molecule has 0 saturated heterocycles. The molecule has 1 aromatic rings. The van der Waals surface area contributed by atoms with Crippen LogP contribution in [0.1, 0.15) is 13.3 Å². The predicted molar refractivity (Wildman–Crippen MR) is 64.4 cm³/mol. The van der Waals surface area contributed by atoms with E-state index in [-0.39, 0.29) is 24.0 Å². The molecule has 0 fully saturated rings. The highest BCUT2D eigenvalue weighted by Crippen LogP contribution is 2.42. The van der Waals surface area contributed by atoms with Crippen LogP contribution in [0.5, 0.6) is 11.5 Å². The summed E-state index contributed by atoms with van der Waals surface area (Å²) in [5, 5.41) is 5.51. The van der Waals surface area contributed by atoms with E-state index in [9.17, 15) is 13.6 Å². The second-order valence-electron chi connectivity index (χ2n) is 4.03. The van der Waals surface area contributed by atoms with Crippen molar-refractivity contribution in [1.82, 2.24) is 5.32 Å². The Morgan fingerprint density at radius 3 is 2.79 bits per heavy atom. The van der Waals surface area contributed by atoms with E-state index in [4.69, 9.17) is 0 Å². The first kappa shape index (κ1) is 13.4. The minimum absolute atomic E-state index is 0.0222. The molecule has 5 nitrogen and oxygen atoms in total. The number of alkyl halides is 2. The third kappa shape index (κ3) is 3.46. The molecule has 1 heterocycles. The summed E-state index contributed by atoms with van der Waals surface area (Å²) in [6.45, 7) is 2.62. The molecule has 0 aliphatic carbocycles. The molecule has 0 aromatic heterocycles. The highest BCUT2D eigenvalue weighted by molar-refractivity contribution is 5.80. The van der Waals surface area contributed by atoms with Crippen molar-refractivity contribution in [2.75, 3.05) is 18.4 Å². The summed E-state index contributed by atoms with van der Waals surface area (Å²) in [4.78, 5) is 11.4. The summed E-state index contributed by atoms with van der Waals surface area (Å²) < 4.78 is 34.2. The van der Waals surface area contributed by atoms with Crippen molar-refractivity contribution in [3.8, 4) is 11.5 Å². The van der Waals surface area contributed by atoms with Crippen LogP contribution >= 0.6 is 0 Å². The fourth-order valence-electron chi connectivity index (χ4n) is 1.57. The van der Waals surface area contributed by atoms with Gasteiger partial charge in [-0.25, -0.2) is 0 Å². The third-order valence-electron chi connectivity index (χ3n) is 2.43. The molecule has 0 saturated carbocycles. The van der Waals surface area contributed by atoms with Crippen molar-refractivity contribution in [3.63, 3.8) is 0 Å². The number of ether oxygens (including phenoxy) is 2. The second-order valence-corrected chi connectivity index (χ2v) is 4.03. The maximum Gasteiger partial charge on any atom is 0.586 e. The molecule has 19 heavy (non-hydrogen) atoms. The number of anilines is 1. The van der Waals surface area contributed by atoms with Gasteiger partial charge in [0, 0.05) is 18.3 Å². The van der Waals surface area contributed by atoms with Crippen LogP contribution in [0.2, 0.25) is 0 Å². The molecule has 1 aliphatic rings. The first-order valence-corrected chi connectivity index (χ1v) is 5.90. The van der Waals surface area contributed by atoms with Crippen LogP contribution in [0, 0.1) is 0 Å². The number of hydrogen-bond donors (Lipinski definition) is 2. The van der Waals surface area contributed by atoms with Crippen molar-refractivity contribution in [2.45, 2.75) is 19.6 Å². The van der Waals surface area contributed by atoms with Gasteiger partial charge in [0.05, 0.1) is 6.54 Å². The van der Waals surface area contributed by atoms with Gasteiger partial charge in [0.15, 0.2) is 11.5 Å². The molecule has 2 rings (SSSR count). The number of rotatable bonds is 5. The average molecular weight is 272 g/mol. The Morgan fingerprint density at radius 1 is 1.32 bits per heavy atom. The number of hydrogen-bond acceptors (Lipinski definition) is 4. The number of benzene rings is 1. The largest absolute Gasteiger partial charge is 0.586 e. The Hall–Kier alpha value is -2.05. The number of amides is 1. The normalized spacial score (nSPS) is 15.1. The number of halogens is 2. The molecular weight excluding hydrogens is 258 g/mol. The van der Waals surface area contributed by atoms with Crippen LogP contribution in [-0.4, -0.2) is 25.3 Å². The molecule has 0 radical (unpaired) electrons. The maximum atomic E-state index is 12.8. The minimum atomic E-state index is -3.63. The van der Waals surface area contributed by atoms with E-state index in [1.165, 1.54) is 18.2 Å². The highest BCUT2D eigenvalue weighted by Gasteiger charge is 2.43. The number of nitrogens with one attached hydrogen (secondary N) is 2.